The Morgan fingerprint density at radius 2 is 2.14 bits per heavy atom. The van der Waals surface area contributed by atoms with E-state index in [1.807, 2.05) is 6.07 Å². The first-order chi connectivity index (χ1) is 10.4. The van der Waals surface area contributed by atoms with Crippen LogP contribution in [0.15, 0.2) is 30.3 Å². The van der Waals surface area contributed by atoms with E-state index in [-0.39, 0.29) is 0 Å². The number of ether oxygens (including phenoxy) is 1. The van der Waals surface area contributed by atoms with Gasteiger partial charge in [-0.15, -0.1) is 0 Å². The average molecular weight is 283 g/mol. The Kier molecular flexibility index (Phi) is 3.49. The molecule has 1 unspecified atom stereocenters. The lowest BCUT2D eigenvalue weighted by atomic mass is 10.0. The highest BCUT2D eigenvalue weighted by atomic mass is 16.5. The number of imidazole rings is 1. The van der Waals surface area contributed by atoms with Crippen molar-refractivity contribution in [2.45, 2.75) is 31.8 Å². The molecule has 0 spiro atoms. The molecule has 1 aromatic carbocycles. The van der Waals surface area contributed by atoms with Gasteiger partial charge in [-0.05, 0) is 12.8 Å². The minimum absolute atomic E-state index is 0.579. The lowest BCUT2D eigenvalue weighted by Gasteiger charge is -2.35. The first kappa shape index (κ1) is 13.0. The molecule has 21 heavy (non-hydrogen) atoms. The highest BCUT2D eigenvalue weighted by Gasteiger charge is 2.27. The van der Waals surface area contributed by atoms with Gasteiger partial charge in [-0.3, -0.25) is 4.90 Å². The standard InChI is InChI=1S/C17H21N3O/c1-2-5-13(6-3-1)17-18-15-8-9-20(11-16(15)19-17)14-7-4-10-21-12-14/h1-3,5-6,14H,4,7-12H2,(H,18,19). The van der Waals surface area contributed by atoms with E-state index in [0.29, 0.717) is 6.04 Å². The van der Waals surface area contributed by atoms with Crippen LogP contribution in [0.2, 0.25) is 0 Å². The summed E-state index contributed by atoms with van der Waals surface area (Å²) in [7, 11) is 0. The van der Waals surface area contributed by atoms with Crippen molar-refractivity contribution in [3.05, 3.63) is 41.7 Å². The van der Waals surface area contributed by atoms with Crippen molar-refractivity contribution in [3.8, 4) is 11.4 Å². The monoisotopic (exact) mass is 283 g/mol. The first-order valence-electron chi connectivity index (χ1n) is 7.85. The molecule has 1 aromatic heterocycles. The molecule has 0 radical (unpaired) electrons. The van der Waals surface area contributed by atoms with Crippen LogP contribution in [0, 0.1) is 0 Å². The number of hydrogen-bond donors (Lipinski definition) is 1. The number of H-pyrrole nitrogens is 1. The van der Waals surface area contributed by atoms with Crippen molar-refractivity contribution < 1.29 is 4.74 Å². The Balaban J connectivity index is 1.54. The number of fused-ring (bicyclic) bond motifs is 1. The summed E-state index contributed by atoms with van der Waals surface area (Å²) in [5.41, 5.74) is 3.69. The number of benzene rings is 1. The van der Waals surface area contributed by atoms with Crippen LogP contribution in [0.5, 0.6) is 0 Å². The molecule has 2 aliphatic rings. The number of nitrogens with zero attached hydrogens (tertiary/aromatic N) is 2. The van der Waals surface area contributed by atoms with Gasteiger partial charge in [-0.25, -0.2) is 4.98 Å². The molecule has 4 heteroatoms. The largest absolute Gasteiger partial charge is 0.380 e. The Morgan fingerprint density at radius 1 is 1.24 bits per heavy atom. The van der Waals surface area contributed by atoms with Crippen LogP contribution in [0.4, 0.5) is 0 Å². The van der Waals surface area contributed by atoms with Gasteiger partial charge in [-0.1, -0.05) is 30.3 Å². The maximum Gasteiger partial charge on any atom is 0.137 e. The minimum atomic E-state index is 0.579. The zero-order valence-corrected chi connectivity index (χ0v) is 12.2. The fourth-order valence-electron chi connectivity index (χ4n) is 3.37. The molecule has 2 aliphatic heterocycles. The van der Waals surface area contributed by atoms with E-state index in [4.69, 9.17) is 9.72 Å². The molecule has 0 saturated carbocycles. The van der Waals surface area contributed by atoms with Crippen molar-refractivity contribution in [2.75, 3.05) is 19.8 Å². The predicted octanol–water partition coefficient (Wildman–Crippen LogP) is 2.61. The molecule has 0 bridgehead atoms. The molecule has 4 nitrogen and oxygen atoms in total. The van der Waals surface area contributed by atoms with Crippen molar-refractivity contribution >= 4 is 0 Å². The van der Waals surface area contributed by atoms with Gasteiger partial charge in [0.15, 0.2) is 0 Å². The van der Waals surface area contributed by atoms with Crippen LogP contribution in [-0.2, 0) is 17.7 Å². The molecule has 110 valence electrons. The van der Waals surface area contributed by atoms with Crippen LogP contribution in [0.25, 0.3) is 11.4 Å². The summed E-state index contributed by atoms with van der Waals surface area (Å²) in [6.07, 6.45) is 3.48. The van der Waals surface area contributed by atoms with Crippen molar-refractivity contribution in [1.82, 2.24) is 14.9 Å². The summed E-state index contributed by atoms with van der Waals surface area (Å²) >= 11 is 0. The second-order valence-corrected chi connectivity index (χ2v) is 5.97. The van der Waals surface area contributed by atoms with Crippen molar-refractivity contribution in [1.29, 1.82) is 0 Å². The van der Waals surface area contributed by atoms with Crippen molar-refractivity contribution in [3.63, 3.8) is 0 Å². The fourth-order valence-corrected chi connectivity index (χ4v) is 3.37. The maximum atomic E-state index is 5.63. The van der Waals surface area contributed by atoms with E-state index in [2.05, 4.69) is 34.1 Å². The van der Waals surface area contributed by atoms with Gasteiger partial charge in [-0.2, -0.15) is 0 Å². The lowest BCUT2D eigenvalue weighted by Crippen LogP contribution is -2.43. The number of aromatic amines is 1. The zero-order chi connectivity index (χ0) is 14.1. The summed E-state index contributed by atoms with van der Waals surface area (Å²) in [6.45, 7) is 3.89. The Bertz CT molecular complexity index is 602. The molecular formula is C17H21N3O. The second-order valence-electron chi connectivity index (χ2n) is 5.97. The topological polar surface area (TPSA) is 41.2 Å². The van der Waals surface area contributed by atoms with E-state index in [1.165, 1.54) is 29.8 Å². The van der Waals surface area contributed by atoms with Gasteiger partial charge in [0.05, 0.1) is 18.0 Å². The molecule has 1 saturated heterocycles. The maximum absolute atomic E-state index is 5.63. The number of rotatable bonds is 2. The van der Waals surface area contributed by atoms with Gasteiger partial charge in [0.25, 0.3) is 0 Å². The zero-order valence-electron chi connectivity index (χ0n) is 12.2. The molecule has 1 N–H and O–H groups in total. The summed E-state index contributed by atoms with van der Waals surface area (Å²) in [5, 5.41) is 0. The van der Waals surface area contributed by atoms with Crippen molar-refractivity contribution in [2.24, 2.45) is 0 Å². The van der Waals surface area contributed by atoms with E-state index in [0.717, 1.165) is 38.5 Å². The second kappa shape index (κ2) is 5.62. The quantitative estimate of drug-likeness (QED) is 0.921. The third kappa shape index (κ3) is 2.61. The fraction of sp³-hybridized carbons (Fsp3) is 0.471. The summed E-state index contributed by atoms with van der Waals surface area (Å²) in [6, 6.07) is 11.0. The third-order valence-electron chi connectivity index (χ3n) is 4.56. The summed E-state index contributed by atoms with van der Waals surface area (Å²) in [4.78, 5) is 10.9. The summed E-state index contributed by atoms with van der Waals surface area (Å²) in [5.74, 6) is 1.00. The first-order valence-corrected chi connectivity index (χ1v) is 7.85. The lowest BCUT2D eigenvalue weighted by molar-refractivity contribution is 0.0119. The van der Waals surface area contributed by atoms with E-state index in [1.54, 1.807) is 0 Å². The van der Waals surface area contributed by atoms with Crippen LogP contribution in [0.1, 0.15) is 24.2 Å². The molecule has 4 rings (SSSR count). The number of aromatic nitrogens is 2. The highest BCUT2D eigenvalue weighted by Crippen LogP contribution is 2.25. The highest BCUT2D eigenvalue weighted by molar-refractivity contribution is 5.55. The van der Waals surface area contributed by atoms with Gasteiger partial charge in [0, 0.05) is 37.7 Å². The van der Waals surface area contributed by atoms with E-state index >= 15 is 0 Å². The molecular weight excluding hydrogens is 262 g/mol. The third-order valence-corrected chi connectivity index (χ3v) is 4.56. The number of hydrogen-bond acceptors (Lipinski definition) is 3. The number of nitrogens with one attached hydrogen (secondary N) is 1. The van der Waals surface area contributed by atoms with E-state index < -0.39 is 0 Å². The molecule has 0 amide bonds. The van der Waals surface area contributed by atoms with Crippen LogP contribution >= 0.6 is 0 Å². The van der Waals surface area contributed by atoms with Crippen LogP contribution in [0.3, 0.4) is 0 Å². The van der Waals surface area contributed by atoms with Gasteiger partial charge in [0.1, 0.15) is 5.82 Å². The van der Waals surface area contributed by atoms with Gasteiger partial charge < -0.3 is 9.72 Å². The molecule has 1 fully saturated rings. The van der Waals surface area contributed by atoms with Gasteiger partial charge >= 0.3 is 0 Å². The van der Waals surface area contributed by atoms with Crippen LogP contribution < -0.4 is 0 Å². The minimum Gasteiger partial charge on any atom is -0.380 e. The van der Waals surface area contributed by atoms with E-state index in [9.17, 15) is 0 Å². The average Bonchev–Trinajstić information content (AvgIpc) is 2.99. The molecule has 1 atom stereocenters. The summed E-state index contributed by atoms with van der Waals surface area (Å²) < 4.78 is 5.63. The predicted molar refractivity (Wildman–Crippen MR) is 82.0 cm³/mol. The smallest absolute Gasteiger partial charge is 0.137 e. The molecule has 2 aromatic rings. The molecule has 3 heterocycles. The normalized spacial score (nSPS) is 23.0. The molecule has 0 aliphatic carbocycles. The SMILES string of the molecule is c1ccc(-c2nc3c([nH]2)CN(C2CCCOC2)CC3)cc1. The Labute approximate surface area is 125 Å². The Morgan fingerprint density at radius 3 is 2.95 bits per heavy atom. The van der Waals surface area contributed by atoms with Crippen LogP contribution in [-0.4, -0.2) is 40.7 Å². The van der Waals surface area contributed by atoms with Gasteiger partial charge in [0.2, 0.25) is 0 Å². The Hall–Kier alpha value is -1.65.